The lowest BCUT2D eigenvalue weighted by Crippen LogP contribution is -2.43. The summed E-state index contributed by atoms with van der Waals surface area (Å²) < 4.78 is 14.0. The highest BCUT2D eigenvalue weighted by atomic mass is 32.1. The van der Waals surface area contributed by atoms with Gasteiger partial charge in [0, 0.05) is 11.1 Å². The van der Waals surface area contributed by atoms with Crippen LogP contribution < -0.4 is 5.32 Å². The lowest BCUT2D eigenvalue weighted by Gasteiger charge is -2.14. The van der Waals surface area contributed by atoms with Crippen molar-refractivity contribution in [3.05, 3.63) is 70.9 Å². The topological polar surface area (TPSA) is 66.4 Å². The highest BCUT2D eigenvalue weighted by Gasteiger charge is 2.21. The van der Waals surface area contributed by atoms with Crippen LogP contribution in [0.5, 0.6) is 0 Å². The molecule has 0 aliphatic rings. The van der Waals surface area contributed by atoms with Crippen LogP contribution in [0.2, 0.25) is 0 Å². The summed E-state index contributed by atoms with van der Waals surface area (Å²) >= 11 is 1.55. The van der Waals surface area contributed by atoms with Crippen molar-refractivity contribution < 1.29 is 19.1 Å². The number of halogens is 1. The number of thiophene rings is 1. The standard InChI is InChI=1S/C19H16FNO3S/c20-14-7-5-12(6-8-14)9-16(19(23)24)21-18(22)10-13-11-25-17-4-2-1-3-15(13)17/h1-8,11,16H,9-10H2,(H,21,22)(H,23,24)/t16-/m0/s1. The number of carbonyl (C=O) groups excluding carboxylic acids is 1. The van der Waals surface area contributed by atoms with E-state index in [9.17, 15) is 19.1 Å². The summed E-state index contributed by atoms with van der Waals surface area (Å²) in [5.41, 5.74) is 1.53. The van der Waals surface area contributed by atoms with Crippen molar-refractivity contribution in [3.8, 4) is 0 Å². The van der Waals surface area contributed by atoms with Crippen LogP contribution in [0.25, 0.3) is 10.1 Å². The Bertz CT molecular complexity index is 904. The van der Waals surface area contributed by atoms with E-state index in [1.165, 1.54) is 24.3 Å². The van der Waals surface area contributed by atoms with Gasteiger partial charge in [-0.3, -0.25) is 4.79 Å². The summed E-state index contributed by atoms with van der Waals surface area (Å²) in [5, 5.41) is 14.8. The van der Waals surface area contributed by atoms with Crippen molar-refractivity contribution >= 4 is 33.3 Å². The number of hydrogen-bond donors (Lipinski definition) is 2. The minimum Gasteiger partial charge on any atom is -0.480 e. The smallest absolute Gasteiger partial charge is 0.326 e. The van der Waals surface area contributed by atoms with Crippen LogP contribution in [0.1, 0.15) is 11.1 Å². The van der Waals surface area contributed by atoms with E-state index in [2.05, 4.69) is 5.32 Å². The monoisotopic (exact) mass is 357 g/mol. The van der Waals surface area contributed by atoms with Gasteiger partial charge in [-0.25, -0.2) is 9.18 Å². The molecule has 0 bridgehead atoms. The zero-order chi connectivity index (χ0) is 17.8. The highest BCUT2D eigenvalue weighted by Crippen LogP contribution is 2.25. The zero-order valence-corrected chi connectivity index (χ0v) is 14.1. The molecule has 25 heavy (non-hydrogen) atoms. The number of carboxylic acid groups (broad SMARTS) is 1. The van der Waals surface area contributed by atoms with Gasteiger partial charge in [0.1, 0.15) is 11.9 Å². The van der Waals surface area contributed by atoms with Crippen molar-refractivity contribution in [3.63, 3.8) is 0 Å². The molecule has 0 spiro atoms. The number of aliphatic carboxylic acids is 1. The lowest BCUT2D eigenvalue weighted by atomic mass is 10.0. The van der Waals surface area contributed by atoms with Crippen molar-refractivity contribution in [2.75, 3.05) is 0 Å². The number of rotatable bonds is 6. The van der Waals surface area contributed by atoms with E-state index in [4.69, 9.17) is 0 Å². The quantitative estimate of drug-likeness (QED) is 0.711. The van der Waals surface area contributed by atoms with Gasteiger partial charge in [0.25, 0.3) is 0 Å². The van der Waals surface area contributed by atoms with Crippen molar-refractivity contribution in [2.45, 2.75) is 18.9 Å². The van der Waals surface area contributed by atoms with E-state index in [-0.39, 0.29) is 24.6 Å². The third-order valence-corrected chi connectivity index (χ3v) is 4.91. The Kier molecular flexibility index (Phi) is 5.09. The number of carbonyl (C=O) groups is 2. The maximum atomic E-state index is 12.9. The van der Waals surface area contributed by atoms with Gasteiger partial charge in [0.2, 0.25) is 5.91 Å². The first-order chi connectivity index (χ1) is 12.0. The van der Waals surface area contributed by atoms with Gasteiger partial charge < -0.3 is 10.4 Å². The Morgan fingerprint density at radius 3 is 2.56 bits per heavy atom. The summed E-state index contributed by atoms with van der Waals surface area (Å²) in [6.45, 7) is 0. The Labute approximate surface area is 147 Å². The molecule has 2 N–H and O–H groups in total. The molecule has 1 aromatic heterocycles. The van der Waals surface area contributed by atoms with Crippen LogP contribution in [0.15, 0.2) is 53.9 Å². The summed E-state index contributed by atoms with van der Waals surface area (Å²) in [6.07, 6.45) is 0.225. The van der Waals surface area contributed by atoms with E-state index >= 15 is 0 Å². The van der Waals surface area contributed by atoms with E-state index in [1.807, 2.05) is 29.6 Å². The molecule has 0 radical (unpaired) electrons. The second-order valence-electron chi connectivity index (χ2n) is 5.72. The fraction of sp³-hybridized carbons (Fsp3) is 0.158. The van der Waals surface area contributed by atoms with Gasteiger partial charge in [0.15, 0.2) is 0 Å². The minimum atomic E-state index is -1.12. The first kappa shape index (κ1) is 17.1. The number of nitrogens with one attached hydrogen (secondary N) is 1. The lowest BCUT2D eigenvalue weighted by molar-refractivity contribution is -0.141. The minimum absolute atomic E-state index is 0.103. The third-order valence-electron chi connectivity index (χ3n) is 3.90. The van der Waals surface area contributed by atoms with E-state index in [0.29, 0.717) is 5.56 Å². The molecule has 0 aliphatic heterocycles. The maximum Gasteiger partial charge on any atom is 0.326 e. The molecule has 1 heterocycles. The average molecular weight is 357 g/mol. The second kappa shape index (κ2) is 7.44. The van der Waals surface area contributed by atoms with Crippen LogP contribution >= 0.6 is 11.3 Å². The molecule has 1 amide bonds. The molecule has 0 aliphatic carbocycles. The van der Waals surface area contributed by atoms with Crippen LogP contribution in [0.3, 0.4) is 0 Å². The van der Waals surface area contributed by atoms with Crippen molar-refractivity contribution in [2.24, 2.45) is 0 Å². The molecule has 0 saturated carbocycles. The largest absolute Gasteiger partial charge is 0.480 e. The predicted molar refractivity (Wildman–Crippen MR) is 95.2 cm³/mol. The average Bonchev–Trinajstić information content (AvgIpc) is 2.99. The molecule has 4 nitrogen and oxygen atoms in total. The fourth-order valence-corrected chi connectivity index (χ4v) is 3.61. The van der Waals surface area contributed by atoms with Crippen molar-refractivity contribution in [1.82, 2.24) is 5.32 Å². The van der Waals surface area contributed by atoms with E-state index in [1.54, 1.807) is 11.3 Å². The molecule has 0 fully saturated rings. The first-order valence-electron chi connectivity index (χ1n) is 7.74. The Balaban J connectivity index is 1.68. The Morgan fingerprint density at radius 1 is 1.12 bits per heavy atom. The summed E-state index contributed by atoms with van der Waals surface area (Å²) in [4.78, 5) is 23.7. The first-order valence-corrected chi connectivity index (χ1v) is 8.62. The van der Waals surface area contributed by atoms with Gasteiger partial charge in [0.05, 0.1) is 6.42 Å². The van der Waals surface area contributed by atoms with Gasteiger partial charge in [-0.15, -0.1) is 11.3 Å². The molecule has 0 saturated heterocycles. The fourth-order valence-electron chi connectivity index (χ4n) is 2.64. The van der Waals surface area contributed by atoms with Crippen LogP contribution in [-0.2, 0) is 22.4 Å². The summed E-state index contributed by atoms with van der Waals surface area (Å²) in [6, 6.07) is 12.3. The summed E-state index contributed by atoms with van der Waals surface area (Å²) in [7, 11) is 0. The van der Waals surface area contributed by atoms with E-state index < -0.39 is 12.0 Å². The molecule has 2 aromatic carbocycles. The van der Waals surface area contributed by atoms with Gasteiger partial charge in [-0.1, -0.05) is 30.3 Å². The summed E-state index contributed by atoms with van der Waals surface area (Å²) in [5.74, 6) is -1.85. The van der Waals surface area contributed by atoms with E-state index in [0.717, 1.165) is 15.6 Å². The molecule has 6 heteroatoms. The van der Waals surface area contributed by atoms with Gasteiger partial charge in [-0.05, 0) is 40.1 Å². The van der Waals surface area contributed by atoms with Crippen molar-refractivity contribution in [1.29, 1.82) is 0 Å². The molecule has 1 atom stereocenters. The number of benzene rings is 2. The normalized spacial score (nSPS) is 12.0. The number of carboxylic acids is 1. The maximum absolute atomic E-state index is 12.9. The molecule has 3 aromatic rings. The van der Waals surface area contributed by atoms with Crippen LogP contribution in [0, 0.1) is 5.82 Å². The molecule has 128 valence electrons. The second-order valence-corrected chi connectivity index (χ2v) is 6.63. The molecule has 3 rings (SSSR count). The Morgan fingerprint density at radius 2 is 1.84 bits per heavy atom. The SMILES string of the molecule is O=C(Cc1csc2ccccc12)N[C@@H](Cc1ccc(F)cc1)C(=O)O. The van der Waals surface area contributed by atoms with Crippen LogP contribution in [0.4, 0.5) is 4.39 Å². The predicted octanol–water partition coefficient (Wildman–Crippen LogP) is 3.40. The zero-order valence-electron chi connectivity index (χ0n) is 13.2. The molecule has 0 unspecified atom stereocenters. The number of hydrogen-bond acceptors (Lipinski definition) is 3. The number of fused-ring (bicyclic) bond motifs is 1. The Hall–Kier alpha value is -2.73. The van der Waals surface area contributed by atoms with Crippen LogP contribution in [-0.4, -0.2) is 23.0 Å². The van der Waals surface area contributed by atoms with Gasteiger partial charge in [-0.2, -0.15) is 0 Å². The molecular weight excluding hydrogens is 341 g/mol. The van der Waals surface area contributed by atoms with Gasteiger partial charge >= 0.3 is 5.97 Å². The molecular formula is C19H16FNO3S. The number of amides is 1. The third kappa shape index (κ3) is 4.22. The highest BCUT2D eigenvalue weighted by molar-refractivity contribution is 7.17.